The normalized spacial score (nSPS) is 21.0. The Bertz CT molecular complexity index is 787. The molecule has 2 aromatic carbocycles. The van der Waals surface area contributed by atoms with E-state index >= 15 is 0 Å². The molecule has 1 aromatic heterocycles. The Kier molecular flexibility index (Phi) is 4.54. The molecule has 122 valence electrons. The first kappa shape index (κ1) is 15.3. The van der Waals surface area contributed by atoms with E-state index in [0.29, 0.717) is 0 Å². The summed E-state index contributed by atoms with van der Waals surface area (Å²) in [5.41, 5.74) is 2.90. The number of hydrogen-bond acceptors (Lipinski definition) is 0. The molecule has 0 amide bonds. The zero-order valence-corrected chi connectivity index (χ0v) is 14.1. The molecule has 0 bridgehead atoms. The van der Waals surface area contributed by atoms with Gasteiger partial charge in [-0.05, 0) is 16.8 Å². The van der Waals surface area contributed by atoms with Crippen molar-refractivity contribution in [2.24, 2.45) is 0 Å². The van der Waals surface area contributed by atoms with Gasteiger partial charge in [0.25, 0.3) is 0 Å². The molecular formula is C21H26N3+3. The number of hydrogen-bond donors (Lipinski definition) is 2. The predicted octanol–water partition coefficient (Wildman–Crippen LogP) is 0.138. The number of aromatic nitrogens is 1. The zero-order chi connectivity index (χ0) is 16.2. The number of H-pyrrole nitrogens is 1. The molecule has 1 fully saturated rings. The van der Waals surface area contributed by atoms with Crippen LogP contribution in [0.5, 0.6) is 0 Å². The minimum atomic E-state index is 1.14. The van der Waals surface area contributed by atoms with Gasteiger partial charge in [0.15, 0.2) is 12.4 Å². The largest absolute Gasteiger partial charge is 0.322 e. The minimum absolute atomic E-state index is 1.14. The van der Waals surface area contributed by atoms with E-state index < -0.39 is 0 Å². The van der Waals surface area contributed by atoms with E-state index in [4.69, 9.17) is 0 Å². The Balaban J connectivity index is 1.38. The number of rotatable bonds is 4. The van der Waals surface area contributed by atoms with Gasteiger partial charge in [-0.25, -0.2) is 4.98 Å². The number of piperazine rings is 1. The molecule has 0 spiro atoms. The van der Waals surface area contributed by atoms with Crippen molar-refractivity contribution in [3.63, 3.8) is 0 Å². The molecule has 3 N–H and O–H groups in total. The van der Waals surface area contributed by atoms with Gasteiger partial charge in [0.1, 0.15) is 39.3 Å². The fourth-order valence-corrected chi connectivity index (χ4v) is 3.86. The van der Waals surface area contributed by atoms with Crippen LogP contribution in [-0.4, -0.2) is 26.2 Å². The highest BCUT2D eigenvalue weighted by Crippen LogP contribution is 2.17. The number of benzene rings is 2. The molecule has 4 rings (SSSR count). The summed E-state index contributed by atoms with van der Waals surface area (Å²) in [7, 11) is 0. The molecule has 24 heavy (non-hydrogen) atoms. The number of aromatic amines is 1. The molecule has 0 atom stereocenters. The van der Waals surface area contributed by atoms with Crippen molar-refractivity contribution < 1.29 is 14.8 Å². The lowest BCUT2D eigenvalue weighted by molar-refractivity contribution is -1.02. The monoisotopic (exact) mass is 320 g/mol. The van der Waals surface area contributed by atoms with E-state index in [2.05, 4.69) is 65.8 Å². The van der Waals surface area contributed by atoms with Gasteiger partial charge in [-0.15, -0.1) is 0 Å². The molecule has 0 aliphatic carbocycles. The fraction of sp³-hybridized carbons (Fsp3) is 0.286. The zero-order valence-electron chi connectivity index (χ0n) is 14.1. The molecule has 1 saturated heterocycles. The summed E-state index contributed by atoms with van der Waals surface area (Å²) in [6.07, 6.45) is 4.10. The average Bonchev–Trinajstić information content (AvgIpc) is 2.65. The third kappa shape index (κ3) is 3.48. The standard InChI is InChI=1S/C21H23N3/c1-2-9-21-19(6-1)7-3-8-20(21)17-24-13-11-23(12-14-24)16-18-5-4-10-22-15-18/h1-10,15H,11-14,16-17H2/p+3. The maximum Gasteiger partial charge on any atom is 0.175 e. The number of quaternary nitrogens is 2. The van der Waals surface area contributed by atoms with Crippen LogP contribution in [0.3, 0.4) is 0 Å². The topological polar surface area (TPSA) is 23.0 Å². The summed E-state index contributed by atoms with van der Waals surface area (Å²) in [4.78, 5) is 6.61. The van der Waals surface area contributed by atoms with E-state index in [1.807, 2.05) is 6.20 Å². The van der Waals surface area contributed by atoms with E-state index in [1.165, 1.54) is 48.1 Å². The van der Waals surface area contributed by atoms with Crippen LogP contribution in [-0.2, 0) is 13.1 Å². The highest BCUT2D eigenvalue weighted by molar-refractivity contribution is 5.85. The summed E-state index contributed by atoms with van der Waals surface area (Å²) in [6.45, 7) is 7.32. The smallest absolute Gasteiger partial charge is 0.175 e. The van der Waals surface area contributed by atoms with E-state index in [9.17, 15) is 0 Å². The second kappa shape index (κ2) is 7.12. The maximum absolute atomic E-state index is 3.19. The van der Waals surface area contributed by atoms with E-state index in [1.54, 1.807) is 9.80 Å². The van der Waals surface area contributed by atoms with Crippen molar-refractivity contribution in [1.29, 1.82) is 0 Å². The van der Waals surface area contributed by atoms with Gasteiger partial charge in [-0.1, -0.05) is 42.5 Å². The van der Waals surface area contributed by atoms with Crippen molar-refractivity contribution in [1.82, 2.24) is 0 Å². The lowest BCUT2D eigenvalue weighted by Crippen LogP contribution is -3.27. The average molecular weight is 320 g/mol. The molecule has 0 saturated carbocycles. The molecule has 0 radical (unpaired) electrons. The highest BCUT2D eigenvalue weighted by atomic mass is 15.3. The second-order valence-corrected chi connectivity index (χ2v) is 6.90. The summed E-state index contributed by atoms with van der Waals surface area (Å²) in [5, 5.41) is 2.78. The highest BCUT2D eigenvalue weighted by Gasteiger charge is 2.23. The van der Waals surface area contributed by atoms with Gasteiger partial charge in [0.2, 0.25) is 0 Å². The maximum atomic E-state index is 3.19. The van der Waals surface area contributed by atoms with Crippen molar-refractivity contribution in [2.75, 3.05) is 26.2 Å². The van der Waals surface area contributed by atoms with Crippen LogP contribution in [0, 0.1) is 0 Å². The van der Waals surface area contributed by atoms with Gasteiger partial charge < -0.3 is 9.80 Å². The summed E-state index contributed by atoms with van der Waals surface area (Å²) in [6, 6.07) is 19.8. The lowest BCUT2D eigenvalue weighted by Gasteiger charge is -2.29. The molecule has 2 heterocycles. The third-order valence-corrected chi connectivity index (χ3v) is 5.21. The summed E-state index contributed by atoms with van der Waals surface area (Å²) >= 11 is 0. The van der Waals surface area contributed by atoms with Gasteiger partial charge in [0, 0.05) is 11.6 Å². The lowest BCUT2D eigenvalue weighted by atomic mass is 10.0. The number of nitrogens with one attached hydrogen (secondary N) is 3. The molecule has 1 aliphatic heterocycles. The molecule has 3 nitrogen and oxygen atoms in total. The van der Waals surface area contributed by atoms with Crippen LogP contribution >= 0.6 is 0 Å². The van der Waals surface area contributed by atoms with Gasteiger partial charge >= 0.3 is 0 Å². The minimum Gasteiger partial charge on any atom is -0.322 e. The van der Waals surface area contributed by atoms with E-state index in [-0.39, 0.29) is 0 Å². The Labute approximate surface area is 143 Å². The quantitative estimate of drug-likeness (QED) is 0.683. The molecule has 0 unspecified atom stereocenters. The first-order valence-corrected chi connectivity index (χ1v) is 8.97. The Morgan fingerprint density at radius 2 is 1.50 bits per heavy atom. The molecule has 1 aliphatic rings. The Hall–Kier alpha value is -2.23. The second-order valence-electron chi connectivity index (χ2n) is 6.90. The number of fused-ring (bicyclic) bond motifs is 1. The van der Waals surface area contributed by atoms with Crippen LogP contribution in [0.25, 0.3) is 10.8 Å². The van der Waals surface area contributed by atoms with Crippen molar-refractivity contribution in [3.8, 4) is 0 Å². The fourth-order valence-electron chi connectivity index (χ4n) is 3.86. The molecular weight excluding hydrogens is 294 g/mol. The third-order valence-electron chi connectivity index (χ3n) is 5.21. The summed E-state index contributed by atoms with van der Waals surface area (Å²) in [5.74, 6) is 0. The van der Waals surface area contributed by atoms with Crippen molar-refractivity contribution in [3.05, 3.63) is 78.1 Å². The van der Waals surface area contributed by atoms with Crippen molar-refractivity contribution >= 4 is 10.8 Å². The van der Waals surface area contributed by atoms with Crippen LogP contribution in [0.1, 0.15) is 11.1 Å². The Morgan fingerprint density at radius 3 is 2.29 bits per heavy atom. The summed E-state index contributed by atoms with van der Waals surface area (Å²) < 4.78 is 0. The molecule has 3 aromatic rings. The van der Waals surface area contributed by atoms with Gasteiger partial charge in [0.05, 0.1) is 5.56 Å². The van der Waals surface area contributed by atoms with E-state index in [0.717, 1.165) is 13.1 Å². The first-order chi connectivity index (χ1) is 11.9. The Morgan fingerprint density at radius 1 is 0.750 bits per heavy atom. The number of pyridine rings is 1. The first-order valence-electron chi connectivity index (χ1n) is 8.97. The van der Waals surface area contributed by atoms with Gasteiger partial charge in [-0.3, -0.25) is 0 Å². The predicted molar refractivity (Wildman–Crippen MR) is 95.7 cm³/mol. The van der Waals surface area contributed by atoms with Crippen molar-refractivity contribution in [2.45, 2.75) is 13.1 Å². The van der Waals surface area contributed by atoms with Crippen LogP contribution in [0.2, 0.25) is 0 Å². The van der Waals surface area contributed by atoms with Crippen LogP contribution in [0.15, 0.2) is 67.0 Å². The SMILES string of the molecule is c1c[nH+]cc(C[NH+]2CC[NH+](Cc3cccc4ccccc34)CC2)c1. The van der Waals surface area contributed by atoms with Crippen LogP contribution < -0.4 is 14.8 Å². The molecule has 3 heteroatoms. The van der Waals surface area contributed by atoms with Gasteiger partial charge in [-0.2, -0.15) is 0 Å². The van der Waals surface area contributed by atoms with Crippen LogP contribution in [0.4, 0.5) is 0 Å².